The molecule has 1 saturated heterocycles. The van der Waals surface area contributed by atoms with E-state index >= 15 is 0 Å². The van der Waals surface area contributed by atoms with E-state index in [1.165, 1.54) is 21.9 Å². The Hall–Kier alpha value is -3.22. The largest absolute Gasteiger partial charge is 0.352 e. The SMILES string of the molecule is Cc1ccc(CN2C(=O)CN(CC(=O)NC3CCCC(C)C3C)C(=O)C2c2ccccc2F)cc1. The third-order valence-electron chi connectivity index (χ3n) is 7.56. The summed E-state index contributed by atoms with van der Waals surface area (Å²) in [4.78, 5) is 42.4. The Bertz CT molecular complexity index is 1090. The number of rotatable bonds is 6. The quantitative estimate of drug-likeness (QED) is 0.681. The number of aryl methyl sites for hydroxylation is 1. The normalized spacial score (nSPS) is 25.0. The van der Waals surface area contributed by atoms with Crippen molar-refractivity contribution < 1.29 is 18.8 Å². The first kappa shape index (κ1) is 24.9. The lowest BCUT2D eigenvalue weighted by Crippen LogP contribution is -2.58. The molecule has 35 heavy (non-hydrogen) atoms. The van der Waals surface area contributed by atoms with Crippen LogP contribution in [0, 0.1) is 24.6 Å². The average molecular weight is 480 g/mol. The van der Waals surface area contributed by atoms with Crippen LogP contribution in [0.5, 0.6) is 0 Å². The van der Waals surface area contributed by atoms with Crippen LogP contribution < -0.4 is 5.32 Å². The lowest BCUT2D eigenvalue weighted by Gasteiger charge is -2.41. The van der Waals surface area contributed by atoms with Gasteiger partial charge in [0.2, 0.25) is 11.8 Å². The number of nitrogens with zero attached hydrogens (tertiary/aromatic N) is 2. The lowest BCUT2D eigenvalue weighted by molar-refractivity contribution is -0.158. The number of nitrogens with one attached hydrogen (secondary N) is 1. The highest BCUT2D eigenvalue weighted by atomic mass is 19.1. The van der Waals surface area contributed by atoms with Crippen molar-refractivity contribution in [2.24, 2.45) is 11.8 Å². The molecule has 7 heteroatoms. The standard InChI is InChI=1S/C28H34FN3O3/c1-18-11-13-21(14-12-18)15-32-26(34)17-31(28(35)27(32)22-8-4-5-9-23(22)29)16-25(33)30-24-10-6-7-19(2)20(24)3/h4-5,8-9,11-14,19-20,24,27H,6-7,10,15-17H2,1-3H3,(H,30,33). The van der Waals surface area contributed by atoms with Crippen molar-refractivity contribution in [1.82, 2.24) is 15.1 Å². The van der Waals surface area contributed by atoms with Crippen LogP contribution in [0.1, 0.15) is 55.8 Å². The molecule has 186 valence electrons. The van der Waals surface area contributed by atoms with E-state index in [1.807, 2.05) is 31.2 Å². The molecule has 2 fully saturated rings. The van der Waals surface area contributed by atoms with Crippen LogP contribution in [0.2, 0.25) is 0 Å². The molecule has 1 aliphatic carbocycles. The van der Waals surface area contributed by atoms with Gasteiger partial charge in [0, 0.05) is 18.2 Å². The van der Waals surface area contributed by atoms with Gasteiger partial charge in [-0.3, -0.25) is 14.4 Å². The third kappa shape index (κ3) is 5.55. The Labute approximate surface area is 206 Å². The second-order valence-electron chi connectivity index (χ2n) is 10.1. The molecular weight excluding hydrogens is 445 g/mol. The minimum absolute atomic E-state index is 0.0576. The Morgan fingerprint density at radius 1 is 1.06 bits per heavy atom. The molecule has 0 bridgehead atoms. The number of amides is 3. The molecule has 0 radical (unpaired) electrons. The molecule has 2 aliphatic rings. The molecule has 2 aromatic carbocycles. The van der Waals surface area contributed by atoms with Gasteiger partial charge >= 0.3 is 0 Å². The summed E-state index contributed by atoms with van der Waals surface area (Å²) in [5.74, 6) is -0.719. The molecule has 1 N–H and O–H groups in total. The number of carbonyl (C=O) groups excluding carboxylic acids is 3. The first-order valence-electron chi connectivity index (χ1n) is 12.4. The number of piperazine rings is 1. The highest BCUT2D eigenvalue weighted by Gasteiger charge is 2.42. The van der Waals surface area contributed by atoms with Crippen LogP contribution in [-0.2, 0) is 20.9 Å². The lowest BCUT2D eigenvalue weighted by atomic mass is 9.78. The van der Waals surface area contributed by atoms with Crippen molar-refractivity contribution in [2.45, 2.75) is 58.7 Å². The second-order valence-corrected chi connectivity index (χ2v) is 10.1. The van der Waals surface area contributed by atoms with Crippen LogP contribution in [-0.4, -0.2) is 46.7 Å². The van der Waals surface area contributed by atoms with Gasteiger partial charge in [0.1, 0.15) is 24.9 Å². The Morgan fingerprint density at radius 2 is 1.77 bits per heavy atom. The van der Waals surface area contributed by atoms with Crippen molar-refractivity contribution in [3.8, 4) is 0 Å². The zero-order valence-electron chi connectivity index (χ0n) is 20.7. The monoisotopic (exact) mass is 479 g/mol. The summed E-state index contributed by atoms with van der Waals surface area (Å²) in [6, 6.07) is 12.6. The van der Waals surface area contributed by atoms with Gasteiger partial charge in [-0.25, -0.2) is 4.39 Å². The van der Waals surface area contributed by atoms with Crippen molar-refractivity contribution in [3.05, 3.63) is 71.0 Å². The van der Waals surface area contributed by atoms with E-state index < -0.39 is 17.8 Å². The molecule has 2 aromatic rings. The molecule has 3 amide bonds. The first-order valence-corrected chi connectivity index (χ1v) is 12.4. The predicted molar refractivity (Wildman–Crippen MR) is 132 cm³/mol. The van der Waals surface area contributed by atoms with Gasteiger partial charge in [0.15, 0.2) is 0 Å². The molecule has 6 nitrogen and oxygen atoms in total. The summed E-state index contributed by atoms with van der Waals surface area (Å²) >= 11 is 0. The molecule has 4 atom stereocenters. The highest BCUT2D eigenvalue weighted by molar-refractivity contribution is 5.97. The van der Waals surface area contributed by atoms with Crippen LogP contribution in [0.4, 0.5) is 4.39 Å². The fraction of sp³-hybridized carbons (Fsp3) is 0.464. The zero-order chi connectivity index (χ0) is 25.1. The van der Waals surface area contributed by atoms with Crippen molar-refractivity contribution in [1.29, 1.82) is 0 Å². The molecule has 1 aliphatic heterocycles. The van der Waals surface area contributed by atoms with Gasteiger partial charge in [-0.2, -0.15) is 0 Å². The predicted octanol–water partition coefficient (Wildman–Crippen LogP) is 3.99. The van der Waals surface area contributed by atoms with E-state index in [0.29, 0.717) is 11.8 Å². The van der Waals surface area contributed by atoms with Gasteiger partial charge in [-0.1, -0.05) is 74.7 Å². The van der Waals surface area contributed by atoms with Crippen molar-refractivity contribution >= 4 is 17.7 Å². The minimum atomic E-state index is -1.12. The zero-order valence-corrected chi connectivity index (χ0v) is 20.7. The number of hydrogen-bond donors (Lipinski definition) is 1. The summed E-state index contributed by atoms with van der Waals surface area (Å²) in [5.41, 5.74) is 2.07. The van der Waals surface area contributed by atoms with Crippen molar-refractivity contribution in [2.75, 3.05) is 13.1 Å². The van der Waals surface area contributed by atoms with E-state index in [-0.39, 0.29) is 43.1 Å². The fourth-order valence-corrected chi connectivity index (χ4v) is 5.19. The number of carbonyl (C=O) groups is 3. The smallest absolute Gasteiger partial charge is 0.251 e. The summed E-state index contributed by atoms with van der Waals surface area (Å²) in [7, 11) is 0. The summed E-state index contributed by atoms with van der Waals surface area (Å²) < 4.78 is 14.8. The van der Waals surface area contributed by atoms with Gasteiger partial charge in [0.05, 0.1) is 0 Å². The molecule has 0 aromatic heterocycles. The van der Waals surface area contributed by atoms with Crippen LogP contribution in [0.25, 0.3) is 0 Å². The first-order chi connectivity index (χ1) is 16.7. The van der Waals surface area contributed by atoms with E-state index in [1.54, 1.807) is 12.1 Å². The van der Waals surface area contributed by atoms with E-state index in [0.717, 1.165) is 30.4 Å². The maximum absolute atomic E-state index is 14.8. The fourth-order valence-electron chi connectivity index (χ4n) is 5.19. The molecule has 0 spiro atoms. The Kier molecular flexibility index (Phi) is 7.53. The Morgan fingerprint density at radius 3 is 2.49 bits per heavy atom. The van der Waals surface area contributed by atoms with Gasteiger partial charge in [0.25, 0.3) is 5.91 Å². The topological polar surface area (TPSA) is 69.7 Å². The third-order valence-corrected chi connectivity index (χ3v) is 7.56. The van der Waals surface area contributed by atoms with Crippen LogP contribution in [0.15, 0.2) is 48.5 Å². The highest BCUT2D eigenvalue weighted by Crippen LogP contribution is 2.32. The maximum atomic E-state index is 14.8. The molecular formula is C28H34FN3O3. The summed E-state index contributed by atoms with van der Waals surface area (Å²) in [6.45, 7) is 6.06. The maximum Gasteiger partial charge on any atom is 0.251 e. The van der Waals surface area contributed by atoms with E-state index in [9.17, 15) is 18.8 Å². The van der Waals surface area contributed by atoms with E-state index in [2.05, 4.69) is 19.2 Å². The average Bonchev–Trinajstić information content (AvgIpc) is 2.82. The number of benzene rings is 2. The summed E-state index contributed by atoms with van der Waals surface area (Å²) in [5, 5.41) is 3.07. The van der Waals surface area contributed by atoms with Gasteiger partial charge in [-0.05, 0) is 36.8 Å². The van der Waals surface area contributed by atoms with Gasteiger partial charge in [-0.15, -0.1) is 0 Å². The molecule has 4 unspecified atom stereocenters. The van der Waals surface area contributed by atoms with Crippen molar-refractivity contribution in [3.63, 3.8) is 0 Å². The van der Waals surface area contributed by atoms with Crippen LogP contribution in [0.3, 0.4) is 0 Å². The second kappa shape index (κ2) is 10.6. The molecule has 1 heterocycles. The van der Waals surface area contributed by atoms with Gasteiger partial charge < -0.3 is 15.1 Å². The summed E-state index contributed by atoms with van der Waals surface area (Å²) in [6.07, 6.45) is 3.11. The van der Waals surface area contributed by atoms with E-state index in [4.69, 9.17) is 0 Å². The minimum Gasteiger partial charge on any atom is -0.352 e. The number of hydrogen-bond acceptors (Lipinski definition) is 3. The van der Waals surface area contributed by atoms with Crippen LogP contribution >= 0.6 is 0 Å². The Balaban J connectivity index is 1.55. The molecule has 4 rings (SSSR count). The number of halogens is 1. The molecule has 1 saturated carbocycles.